The highest BCUT2D eigenvalue weighted by molar-refractivity contribution is 5.97. The van der Waals surface area contributed by atoms with Crippen molar-refractivity contribution in [1.29, 1.82) is 0 Å². The van der Waals surface area contributed by atoms with Crippen LogP contribution in [0.5, 0.6) is 0 Å². The molecular weight excluding hydrogens is 262 g/mol. The van der Waals surface area contributed by atoms with Crippen LogP contribution in [0.2, 0.25) is 0 Å². The van der Waals surface area contributed by atoms with Gasteiger partial charge in [-0.3, -0.25) is 9.59 Å². The zero-order valence-corrected chi connectivity index (χ0v) is 12.5. The highest BCUT2D eigenvalue weighted by atomic mass is 16.1. The van der Waals surface area contributed by atoms with Crippen LogP contribution in [0.3, 0.4) is 0 Å². The lowest BCUT2D eigenvalue weighted by Gasteiger charge is -2.12. The Balaban J connectivity index is 1.98. The van der Waals surface area contributed by atoms with E-state index in [0.29, 0.717) is 0 Å². The largest absolute Gasteiger partial charge is 0.305 e. The number of aryl methyl sites for hydroxylation is 3. The first kappa shape index (κ1) is 13.8. The molecule has 3 rings (SSSR count). The molecule has 1 aliphatic carbocycles. The van der Waals surface area contributed by atoms with Crippen molar-refractivity contribution in [2.45, 2.75) is 39.7 Å². The number of carbonyl (C=O) groups is 1. The molecular formula is C18H19NO2. The molecule has 0 fully saturated rings. The molecule has 1 aliphatic rings. The van der Waals surface area contributed by atoms with Gasteiger partial charge in [0.1, 0.15) is 0 Å². The van der Waals surface area contributed by atoms with Gasteiger partial charge in [-0.15, -0.1) is 0 Å². The first-order valence-electron chi connectivity index (χ1n) is 7.38. The zero-order valence-electron chi connectivity index (χ0n) is 12.5. The second-order valence-corrected chi connectivity index (χ2v) is 5.82. The number of hydrogen-bond acceptors (Lipinski definition) is 2. The number of hydrogen-bond donors (Lipinski definition) is 0. The van der Waals surface area contributed by atoms with Gasteiger partial charge in [0.2, 0.25) is 0 Å². The number of Topliss-reactive ketones (excluding diaryl/α,β-unsaturated/α-hetero) is 1. The molecule has 3 heteroatoms. The van der Waals surface area contributed by atoms with Crippen LogP contribution in [0.1, 0.15) is 39.2 Å². The summed E-state index contributed by atoms with van der Waals surface area (Å²) in [7, 11) is 0. The number of nitrogens with zero attached hydrogens (tertiary/aromatic N) is 1. The summed E-state index contributed by atoms with van der Waals surface area (Å²) in [5, 5.41) is 0. The predicted octanol–water partition coefficient (Wildman–Crippen LogP) is 2.84. The fourth-order valence-corrected chi connectivity index (χ4v) is 3.07. The van der Waals surface area contributed by atoms with Crippen LogP contribution in [-0.2, 0) is 19.4 Å². The number of benzene rings is 1. The van der Waals surface area contributed by atoms with E-state index in [9.17, 15) is 9.59 Å². The van der Waals surface area contributed by atoms with E-state index in [1.165, 1.54) is 5.56 Å². The standard InChI is InChI=1S/C18H19NO2/c1-12-6-7-13(2)15(10-12)17(20)11-19-16-5-3-4-14(16)8-9-18(19)21/h6-10H,3-5,11H2,1-2H3. The van der Waals surface area contributed by atoms with Gasteiger partial charge >= 0.3 is 0 Å². The Bertz CT molecular complexity index is 771. The minimum atomic E-state index is -0.0747. The maximum Gasteiger partial charge on any atom is 0.251 e. The Morgan fingerprint density at radius 3 is 2.76 bits per heavy atom. The lowest BCUT2D eigenvalue weighted by atomic mass is 10.0. The van der Waals surface area contributed by atoms with E-state index in [2.05, 4.69) is 0 Å². The second kappa shape index (κ2) is 5.32. The van der Waals surface area contributed by atoms with Crippen molar-refractivity contribution >= 4 is 5.78 Å². The minimum absolute atomic E-state index is 0.0126. The highest BCUT2D eigenvalue weighted by Crippen LogP contribution is 2.20. The normalized spacial score (nSPS) is 13.2. The number of rotatable bonds is 3. The molecule has 0 radical (unpaired) electrons. The molecule has 0 atom stereocenters. The van der Waals surface area contributed by atoms with Crippen LogP contribution in [0, 0.1) is 13.8 Å². The van der Waals surface area contributed by atoms with E-state index in [1.54, 1.807) is 10.6 Å². The first-order valence-corrected chi connectivity index (χ1v) is 7.38. The van der Waals surface area contributed by atoms with E-state index < -0.39 is 0 Å². The molecule has 0 N–H and O–H groups in total. The van der Waals surface area contributed by atoms with Gasteiger partial charge in [0.25, 0.3) is 5.56 Å². The maximum atomic E-state index is 12.6. The van der Waals surface area contributed by atoms with Crippen molar-refractivity contribution in [1.82, 2.24) is 4.57 Å². The van der Waals surface area contributed by atoms with E-state index in [4.69, 9.17) is 0 Å². The fraction of sp³-hybridized carbons (Fsp3) is 0.333. The van der Waals surface area contributed by atoms with Crippen LogP contribution in [0.25, 0.3) is 0 Å². The highest BCUT2D eigenvalue weighted by Gasteiger charge is 2.18. The number of ketones is 1. The second-order valence-electron chi connectivity index (χ2n) is 5.82. The van der Waals surface area contributed by atoms with Crippen LogP contribution in [0.4, 0.5) is 0 Å². The van der Waals surface area contributed by atoms with Crippen molar-refractivity contribution in [2.75, 3.05) is 0 Å². The van der Waals surface area contributed by atoms with Crippen molar-refractivity contribution in [3.05, 3.63) is 68.6 Å². The van der Waals surface area contributed by atoms with Gasteiger partial charge in [-0.2, -0.15) is 0 Å². The Hall–Kier alpha value is -2.16. The average molecular weight is 281 g/mol. The number of carbonyl (C=O) groups excluding carboxylic acids is 1. The maximum absolute atomic E-state index is 12.6. The molecule has 108 valence electrons. The van der Waals surface area contributed by atoms with E-state index in [-0.39, 0.29) is 17.9 Å². The summed E-state index contributed by atoms with van der Waals surface area (Å²) in [6.45, 7) is 4.06. The van der Waals surface area contributed by atoms with Crippen molar-refractivity contribution in [2.24, 2.45) is 0 Å². The zero-order chi connectivity index (χ0) is 15.0. The van der Waals surface area contributed by atoms with Gasteiger partial charge in [-0.05, 0) is 50.3 Å². The summed E-state index contributed by atoms with van der Waals surface area (Å²) in [5.74, 6) is 0.0126. The van der Waals surface area contributed by atoms with E-state index in [1.807, 2.05) is 38.1 Å². The van der Waals surface area contributed by atoms with Gasteiger partial charge in [0.15, 0.2) is 5.78 Å². The smallest absolute Gasteiger partial charge is 0.251 e. The summed E-state index contributed by atoms with van der Waals surface area (Å²) in [5.41, 5.74) is 4.93. The molecule has 1 aromatic carbocycles. The summed E-state index contributed by atoms with van der Waals surface area (Å²) in [4.78, 5) is 24.7. The molecule has 21 heavy (non-hydrogen) atoms. The third kappa shape index (κ3) is 2.56. The molecule has 0 saturated heterocycles. The first-order chi connectivity index (χ1) is 10.1. The molecule has 0 unspecified atom stereocenters. The van der Waals surface area contributed by atoms with Gasteiger partial charge in [0, 0.05) is 17.3 Å². The number of pyridine rings is 1. The predicted molar refractivity (Wildman–Crippen MR) is 83.0 cm³/mol. The van der Waals surface area contributed by atoms with Gasteiger partial charge in [0.05, 0.1) is 6.54 Å². The van der Waals surface area contributed by atoms with Gasteiger partial charge in [-0.25, -0.2) is 0 Å². The lowest BCUT2D eigenvalue weighted by molar-refractivity contribution is 0.0969. The summed E-state index contributed by atoms with van der Waals surface area (Å²) in [6, 6.07) is 9.36. The van der Waals surface area contributed by atoms with Crippen LogP contribution in [-0.4, -0.2) is 10.4 Å². The quantitative estimate of drug-likeness (QED) is 0.812. The van der Waals surface area contributed by atoms with Crippen LogP contribution < -0.4 is 5.56 Å². The van der Waals surface area contributed by atoms with Gasteiger partial charge < -0.3 is 4.57 Å². The monoisotopic (exact) mass is 281 g/mol. The summed E-state index contributed by atoms with van der Waals surface area (Å²) < 4.78 is 1.66. The summed E-state index contributed by atoms with van der Waals surface area (Å²) in [6.07, 6.45) is 2.97. The SMILES string of the molecule is Cc1ccc(C)c(C(=O)Cn2c3c(ccc2=O)CCC3)c1. The number of fused-ring (bicyclic) bond motifs is 1. The van der Waals surface area contributed by atoms with Crippen molar-refractivity contribution in [3.8, 4) is 0 Å². The molecule has 1 aromatic heterocycles. The van der Waals surface area contributed by atoms with E-state index >= 15 is 0 Å². The Morgan fingerprint density at radius 1 is 1.14 bits per heavy atom. The minimum Gasteiger partial charge on any atom is -0.305 e. The number of aromatic nitrogens is 1. The lowest BCUT2D eigenvalue weighted by Crippen LogP contribution is -2.27. The fourth-order valence-electron chi connectivity index (χ4n) is 3.07. The van der Waals surface area contributed by atoms with Gasteiger partial charge in [-0.1, -0.05) is 23.8 Å². The third-order valence-electron chi connectivity index (χ3n) is 4.24. The van der Waals surface area contributed by atoms with Crippen LogP contribution >= 0.6 is 0 Å². The Kier molecular flexibility index (Phi) is 3.50. The third-order valence-corrected chi connectivity index (χ3v) is 4.24. The van der Waals surface area contributed by atoms with E-state index in [0.717, 1.165) is 41.6 Å². The molecule has 3 nitrogen and oxygen atoms in total. The Morgan fingerprint density at radius 2 is 1.95 bits per heavy atom. The Labute approximate surface area is 124 Å². The summed E-state index contributed by atoms with van der Waals surface area (Å²) >= 11 is 0. The molecule has 2 aromatic rings. The molecule has 0 saturated carbocycles. The molecule has 1 heterocycles. The molecule has 0 spiro atoms. The van der Waals surface area contributed by atoms with Crippen molar-refractivity contribution in [3.63, 3.8) is 0 Å². The van der Waals surface area contributed by atoms with Crippen molar-refractivity contribution < 1.29 is 4.79 Å². The van der Waals surface area contributed by atoms with Crippen LogP contribution in [0.15, 0.2) is 35.1 Å². The molecule has 0 aliphatic heterocycles. The average Bonchev–Trinajstić information content (AvgIpc) is 2.93. The molecule has 0 bridgehead atoms. The topological polar surface area (TPSA) is 39.1 Å². The molecule has 0 amide bonds.